The molecule has 0 aliphatic rings. The van der Waals surface area contributed by atoms with Crippen LogP contribution in [0.25, 0.3) is 0 Å². The molecule has 21 heavy (non-hydrogen) atoms. The van der Waals surface area contributed by atoms with E-state index in [0.29, 0.717) is 6.42 Å². The fourth-order valence-corrected chi connectivity index (χ4v) is 1.95. The van der Waals surface area contributed by atoms with E-state index in [1.807, 2.05) is 0 Å². The molecule has 1 radical (unpaired) electrons. The normalized spacial score (nSPS) is 13.7. The molecule has 0 aliphatic heterocycles. The van der Waals surface area contributed by atoms with Gasteiger partial charge in [-0.05, 0) is 6.42 Å². The molecular weight excluding hydrogens is 301 g/mol. The van der Waals surface area contributed by atoms with Crippen LogP contribution in [0.1, 0.15) is 64.2 Å². The molecule has 0 fully saturated rings. The van der Waals surface area contributed by atoms with Gasteiger partial charge in [0.2, 0.25) is 0 Å². The van der Waals surface area contributed by atoms with Crippen molar-refractivity contribution in [3.8, 4) is 0 Å². The van der Waals surface area contributed by atoms with E-state index in [4.69, 9.17) is 0 Å². The average molecular weight is 323 g/mol. The lowest BCUT2D eigenvalue weighted by molar-refractivity contribution is -0.355. The summed E-state index contributed by atoms with van der Waals surface area (Å²) in [6, 6.07) is 0. The van der Waals surface area contributed by atoms with Gasteiger partial charge in [0.25, 0.3) is 0 Å². The van der Waals surface area contributed by atoms with Crippen molar-refractivity contribution in [2.45, 2.75) is 82.2 Å². The van der Waals surface area contributed by atoms with Gasteiger partial charge >= 0.3 is 18.0 Å². The number of halogens is 7. The van der Waals surface area contributed by atoms with Crippen LogP contribution < -0.4 is 0 Å². The lowest BCUT2D eigenvalue weighted by Gasteiger charge is -2.28. The number of hydrogen-bond acceptors (Lipinski definition) is 0. The van der Waals surface area contributed by atoms with Gasteiger partial charge in [-0.2, -0.15) is 30.7 Å². The smallest absolute Gasteiger partial charge is 0.200 e. The Morgan fingerprint density at radius 1 is 0.571 bits per heavy atom. The van der Waals surface area contributed by atoms with E-state index in [0.717, 1.165) is 38.5 Å². The molecular formula is C14H22F7. The molecule has 0 nitrogen and oxygen atoms in total. The largest absolute Gasteiger partial charge is 0.459 e. The predicted molar refractivity (Wildman–Crippen MR) is 67.5 cm³/mol. The Kier molecular flexibility index (Phi) is 8.63. The molecule has 0 unspecified atom stereocenters. The third kappa shape index (κ3) is 6.87. The van der Waals surface area contributed by atoms with Gasteiger partial charge in [-0.15, -0.1) is 0 Å². The molecule has 7 heteroatoms. The molecule has 0 aromatic heterocycles. The molecule has 0 heterocycles. The molecule has 0 aromatic carbocycles. The third-order valence-corrected chi connectivity index (χ3v) is 3.31. The van der Waals surface area contributed by atoms with Crippen molar-refractivity contribution in [1.29, 1.82) is 0 Å². The average Bonchev–Trinajstić information content (AvgIpc) is 2.35. The van der Waals surface area contributed by atoms with Gasteiger partial charge in [0.1, 0.15) is 0 Å². The minimum Gasteiger partial charge on any atom is -0.200 e. The van der Waals surface area contributed by atoms with Crippen LogP contribution in [-0.4, -0.2) is 18.0 Å². The van der Waals surface area contributed by atoms with Crippen LogP contribution in [0.4, 0.5) is 30.7 Å². The van der Waals surface area contributed by atoms with Gasteiger partial charge in [-0.1, -0.05) is 58.3 Å². The van der Waals surface area contributed by atoms with Crippen molar-refractivity contribution in [1.82, 2.24) is 0 Å². The zero-order chi connectivity index (χ0) is 16.6. The highest BCUT2D eigenvalue weighted by atomic mass is 19.4. The molecule has 0 N–H and O–H groups in total. The maximum Gasteiger partial charge on any atom is 0.459 e. The molecule has 127 valence electrons. The highest BCUT2D eigenvalue weighted by Crippen LogP contribution is 2.48. The molecule has 0 amide bonds. The van der Waals surface area contributed by atoms with Crippen LogP contribution in [0.3, 0.4) is 0 Å². The van der Waals surface area contributed by atoms with Gasteiger partial charge in [-0.25, -0.2) is 0 Å². The van der Waals surface area contributed by atoms with Crippen LogP contribution in [0, 0.1) is 6.92 Å². The van der Waals surface area contributed by atoms with Crippen molar-refractivity contribution >= 4 is 0 Å². The quantitative estimate of drug-likeness (QED) is 0.298. The molecule has 0 aliphatic carbocycles. The Labute approximate surface area is 121 Å². The molecule has 0 bridgehead atoms. The maximum absolute atomic E-state index is 12.9. The van der Waals surface area contributed by atoms with E-state index in [2.05, 4.69) is 6.92 Å². The first-order valence-electron chi connectivity index (χ1n) is 7.18. The number of hydrogen-bond donors (Lipinski definition) is 0. The second kappa shape index (κ2) is 8.83. The molecule has 0 saturated carbocycles. The fraction of sp³-hybridized carbons (Fsp3) is 0.929. The minimum absolute atomic E-state index is 0.235. The van der Waals surface area contributed by atoms with Crippen molar-refractivity contribution in [3.05, 3.63) is 6.92 Å². The van der Waals surface area contributed by atoms with E-state index in [-0.39, 0.29) is 12.8 Å². The Morgan fingerprint density at radius 2 is 0.952 bits per heavy atom. The van der Waals surface area contributed by atoms with Crippen molar-refractivity contribution in [2.24, 2.45) is 0 Å². The summed E-state index contributed by atoms with van der Waals surface area (Å²) in [7, 11) is 0. The van der Waals surface area contributed by atoms with Crippen LogP contribution in [0.2, 0.25) is 0 Å². The van der Waals surface area contributed by atoms with Gasteiger partial charge in [0.15, 0.2) is 0 Å². The lowest BCUT2D eigenvalue weighted by Crippen LogP contribution is -2.51. The van der Waals surface area contributed by atoms with Crippen LogP contribution in [0.15, 0.2) is 0 Å². The molecule has 0 aromatic rings. The molecule has 0 rings (SSSR count). The summed E-state index contributed by atoms with van der Waals surface area (Å²) in [6.45, 7) is 3.69. The van der Waals surface area contributed by atoms with Gasteiger partial charge < -0.3 is 0 Å². The number of alkyl halides is 7. The van der Waals surface area contributed by atoms with E-state index in [1.165, 1.54) is 0 Å². The Morgan fingerprint density at radius 3 is 1.33 bits per heavy atom. The number of rotatable bonds is 11. The first-order chi connectivity index (χ1) is 9.56. The van der Waals surface area contributed by atoms with Gasteiger partial charge in [-0.3, -0.25) is 0 Å². The third-order valence-electron chi connectivity index (χ3n) is 3.31. The van der Waals surface area contributed by atoms with Crippen LogP contribution in [0.5, 0.6) is 0 Å². The van der Waals surface area contributed by atoms with Gasteiger partial charge in [0, 0.05) is 6.42 Å². The first-order valence-corrected chi connectivity index (χ1v) is 7.18. The second-order valence-electron chi connectivity index (χ2n) is 5.21. The van der Waals surface area contributed by atoms with Crippen molar-refractivity contribution in [3.63, 3.8) is 0 Å². The Hall–Kier alpha value is -0.490. The standard InChI is InChI=1S/C14H22F7/c1-2-3-4-5-6-7-8-9-10-11-12(15,16)13(17,18)14(19,20)21/h1-11H2. The summed E-state index contributed by atoms with van der Waals surface area (Å²) in [5, 5.41) is 0. The molecule has 0 saturated heterocycles. The SMILES string of the molecule is [CH2]CCCCCCCCCCC(F)(F)C(F)(F)C(F)(F)F. The molecule has 0 atom stereocenters. The highest BCUT2D eigenvalue weighted by molar-refractivity contribution is 4.90. The summed E-state index contributed by atoms with van der Waals surface area (Å²) in [4.78, 5) is 0. The van der Waals surface area contributed by atoms with Crippen LogP contribution >= 0.6 is 0 Å². The van der Waals surface area contributed by atoms with E-state index in [9.17, 15) is 30.7 Å². The topological polar surface area (TPSA) is 0 Å². The maximum atomic E-state index is 12.9. The zero-order valence-electron chi connectivity index (χ0n) is 11.9. The highest BCUT2D eigenvalue weighted by Gasteiger charge is 2.72. The summed E-state index contributed by atoms with van der Waals surface area (Å²) in [5.74, 6) is -11.0. The Bertz CT molecular complexity index is 271. The Balaban J connectivity index is 3.86. The van der Waals surface area contributed by atoms with E-state index < -0.39 is 24.4 Å². The zero-order valence-corrected chi connectivity index (χ0v) is 11.9. The predicted octanol–water partition coefficient (Wildman–Crippen LogP) is 6.55. The summed E-state index contributed by atoms with van der Waals surface area (Å²) >= 11 is 0. The monoisotopic (exact) mass is 323 g/mol. The van der Waals surface area contributed by atoms with E-state index in [1.54, 1.807) is 0 Å². The van der Waals surface area contributed by atoms with Gasteiger partial charge in [0.05, 0.1) is 0 Å². The first kappa shape index (κ1) is 20.5. The number of unbranched alkanes of at least 4 members (excludes halogenated alkanes) is 8. The second-order valence-corrected chi connectivity index (χ2v) is 5.21. The summed E-state index contributed by atoms with van der Waals surface area (Å²) in [5.41, 5.74) is 0. The fourth-order valence-electron chi connectivity index (χ4n) is 1.95. The van der Waals surface area contributed by atoms with E-state index >= 15 is 0 Å². The summed E-state index contributed by atoms with van der Waals surface area (Å²) < 4.78 is 86.6. The summed E-state index contributed by atoms with van der Waals surface area (Å²) in [6.07, 6.45) is -1.58. The van der Waals surface area contributed by atoms with Crippen LogP contribution in [-0.2, 0) is 0 Å². The van der Waals surface area contributed by atoms with Crippen molar-refractivity contribution < 1.29 is 30.7 Å². The lowest BCUT2D eigenvalue weighted by atomic mass is 10.0. The molecule has 0 spiro atoms. The van der Waals surface area contributed by atoms with Crippen molar-refractivity contribution in [2.75, 3.05) is 0 Å². The minimum atomic E-state index is -6.22.